The van der Waals surface area contributed by atoms with E-state index in [2.05, 4.69) is 15.3 Å². The Labute approximate surface area is 185 Å². The van der Waals surface area contributed by atoms with Crippen LogP contribution in [0.4, 0.5) is 23.9 Å². The molecule has 0 unspecified atom stereocenters. The van der Waals surface area contributed by atoms with Crippen LogP contribution in [0.2, 0.25) is 0 Å². The highest BCUT2D eigenvalue weighted by Crippen LogP contribution is 2.28. The minimum atomic E-state index is -4.54. The Kier molecular flexibility index (Phi) is 7.14. The van der Waals surface area contributed by atoms with E-state index in [1.54, 1.807) is 30.6 Å². The van der Waals surface area contributed by atoms with Gasteiger partial charge in [0.15, 0.2) is 0 Å². The highest BCUT2D eigenvalue weighted by molar-refractivity contribution is 5.80. The van der Waals surface area contributed by atoms with Crippen LogP contribution >= 0.6 is 0 Å². The van der Waals surface area contributed by atoms with Crippen LogP contribution in [0.3, 0.4) is 0 Å². The van der Waals surface area contributed by atoms with Crippen molar-refractivity contribution in [2.45, 2.75) is 64.3 Å². The molecule has 0 bridgehead atoms. The van der Waals surface area contributed by atoms with Crippen molar-refractivity contribution in [2.24, 2.45) is 5.92 Å². The topological polar surface area (TPSA) is 87.7 Å². The van der Waals surface area contributed by atoms with Gasteiger partial charge in [-0.2, -0.15) is 13.2 Å². The minimum Gasteiger partial charge on any atom is -0.444 e. The standard InChI is InChI=1S/C21H30F3N5O3/c1-20(2,3)32-19(31)29-11-4-6-14(12-29)17(30)26-15-7-5-10-28(13-15)18-25-9-8-16(27-18)21(22,23)24/h8-9,14-15H,4-7,10-13H2,1-3H3,(H,26,30)/t14-,15+/m0/s1. The summed E-state index contributed by atoms with van der Waals surface area (Å²) < 4.78 is 44.3. The second kappa shape index (κ2) is 9.50. The van der Waals surface area contributed by atoms with Crippen molar-refractivity contribution in [1.82, 2.24) is 20.2 Å². The van der Waals surface area contributed by atoms with Gasteiger partial charge in [0.1, 0.15) is 11.3 Å². The molecule has 8 nitrogen and oxygen atoms in total. The van der Waals surface area contributed by atoms with Gasteiger partial charge in [-0.15, -0.1) is 0 Å². The highest BCUT2D eigenvalue weighted by atomic mass is 19.4. The van der Waals surface area contributed by atoms with Crippen molar-refractivity contribution in [1.29, 1.82) is 0 Å². The summed E-state index contributed by atoms with van der Waals surface area (Å²) in [6, 6.07) is 0.609. The Morgan fingerprint density at radius 3 is 2.53 bits per heavy atom. The SMILES string of the molecule is CC(C)(C)OC(=O)N1CCC[C@H](C(=O)N[C@@H]2CCCN(c3nccc(C(F)(F)F)n3)C2)C1. The van der Waals surface area contributed by atoms with Gasteiger partial charge in [0.05, 0.1) is 5.92 Å². The fraction of sp³-hybridized carbons (Fsp3) is 0.714. The number of alkyl halides is 3. The molecule has 2 saturated heterocycles. The molecule has 3 heterocycles. The van der Waals surface area contributed by atoms with Crippen molar-refractivity contribution in [3.8, 4) is 0 Å². The molecule has 2 aliphatic rings. The van der Waals surface area contributed by atoms with E-state index in [1.165, 1.54) is 0 Å². The van der Waals surface area contributed by atoms with Gasteiger partial charge in [0.2, 0.25) is 11.9 Å². The molecule has 2 aliphatic heterocycles. The molecule has 0 saturated carbocycles. The van der Waals surface area contributed by atoms with Gasteiger partial charge in [-0.25, -0.2) is 14.8 Å². The van der Waals surface area contributed by atoms with E-state index in [9.17, 15) is 22.8 Å². The molecule has 178 valence electrons. The molecule has 0 radical (unpaired) electrons. The first kappa shape index (κ1) is 24.1. The average molecular weight is 457 g/mol. The summed E-state index contributed by atoms with van der Waals surface area (Å²) in [4.78, 5) is 36.1. The van der Waals surface area contributed by atoms with Crippen LogP contribution in [0.1, 0.15) is 52.1 Å². The number of nitrogens with zero attached hydrogens (tertiary/aromatic N) is 4. The molecule has 1 aromatic heterocycles. The summed E-state index contributed by atoms with van der Waals surface area (Å²) in [5, 5.41) is 3.00. The Balaban J connectivity index is 1.58. The van der Waals surface area contributed by atoms with Crippen molar-refractivity contribution in [3.63, 3.8) is 0 Å². The van der Waals surface area contributed by atoms with Crippen LogP contribution < -0.4 is 10.2 Å². The molecular weight excluding hydrogens is 427 g/mol. The lowest BCUT2D eigenvalue weighted by Gasteiger charge is -2.36. The predicted molar refractivity (Wildman–Crippen MR) is 111 cm³/mol. The molecule has 0 aliphatic carbocycles. The van der Waals surface area contributed by atoms with E-state index in [4.69, 9.17) is 4.74 Å². The van der Waals surface area contributed by atoms with Gasteiger partial charge < -0.3 is 19.9 Å². The normalized spacial score (nSPS) is 22.4. The van der Waals surface area contributed by atoms with E-state index in [-0.39, 0.29) is 30.4 Å². The molecule has 3 rings (SSSR count). The molecule has 2 amide bonds. The number of hydrogen-bond donors (Lipinski definition) is 1. The maximum absolute atomic E-state index is 13.0. The molecule has 0 spiro atoms. The molecule has 1 aromatic rings. The van der Waals surface area contributed by atoms with Gasteiger partial charge >= 0.3 is 12.3 Å². The van der Waals surface area contributed by atoms with Gasteiger partial charge in [-0.3, -0.25) is 4.79 Å². The lowest BCUT2D eigenvalue weighted by Crippen LogP contribution is -2.52. The number of amides is 2. The fourth-order valence-corrected chi connectivity index (χ4v) is 3.94. The van der Waals surface area contributed by atoms with E-state index in [1.807, 2.05) is 0 Å². The Morgan fingerprint density at radius 1 is 1.12 bits per heavy atom. The third-order valence-corrected chi connectivity index (χ3v) is 5.43. The number of anilines is 1. The van der Waals surface area contributed by atoms with E-state index in [0.29, 0.717) is 45.3 Å². The summed E-state index contributed by atoms with van der Waals surface area (Å²) >= 11 is 0. The monoisotopic (exact) mass is 457 g/mol. The number of hydrogen-bond acceptors (Lipinski definition) is 6. The summed E-state index contributed by atoms with van der Waals surface area (Å²) in [5.41, 5.74) is -1.60. The second-order valence-corrected chi connectivity index (χ2v) is 9.30. The van der Waals surface area contributed by atoms with Crippen molar-refractivity contribution in [3.05, 3.63) is 18.0 Å². The first-order chi connectivity index (χ1) is 14.9. The van der Waals surface area contributed by atoms with Gasteiger partial charge in [0, 0.05) is 38.4 Å². The number of likely N-dealkylation sites (tertiary alicyclic amines) is 1. The highest BCUT2D eigenvalue weighted by Gasteiger charge is 2.35. The van der Waals surface area contributed by atoms with Crippen LogP contribution in [-0.2, 0) is 15.7 Å². The number of nitrogens with one attached hydrogen (secondary N) is 1. The molecular formula is C21H30F3N5O3. The minimum absolute atomic E-state index is 0.00698. The number of piperidine rings is 2. The van der Waals surface area contributed by atoms with E-state index in [0.717, 1.165) is 12.3 Å². The zero-order chi connectivity index (χ0) is 23.5. The molecule has 0 aromatic carbocycles. The van der Waals surface area contributed by atoms with Gasteiger partial charge in [-0.1, -0.05) is 0 Å². The number of ether oxygens (including phenoxy) is 1. The van der Waals surface area contributed by atoms with Crippen LogP contribution in [0.5, 0.6) is 0 Å². The van der Waals surface area contributed by atoms with Gasteiger partial charge in [0.25, 0.3) is 0 Å². The maximum Gasteiger partial charge on any atom is 0.433 e. The lowest BCUT2D eigenvalue weighted by atomic mass is 9.96. The fourth-order valence-electron chi connectivity index (χ4n) is 3.94. The largest absolute Gasteiger partial charge is 0.444 e. The summed E-state index contributed by atoms with van der Waals surface area (Å²) in [6.45, 7) is 7.06. The van der Waals surface area contributed by atoms with E-state index < -0.39 is 23.6 Å². The Morgan fingerprint density at radius 2 is 1.84 bits per heavy atom. The maximum atomic E-state index is 13.0. The number of aromatic nitrogens is 2. The molecule has 2 atom stereocenters. The molecule has 32 heavy (non-hydrogen) atoms. The zero-order valence-corrected chi connectivity index (χ0v) is 18.6. The van der Waals surface area contributed by atoms with Crippen LogP contribution in [0.25, 0.3) is 0 Å². The van der Waals surface area contributed by atoms with Crippen LogP contribution in [0, 0.1) is 5.92 Å². The summed E-state index contributed by atoms with van der Waals surface area (Å²) in [6.07, 6.45) is -1.10. The average Bonchev–Trinajstić information content (AvgIpc) is 2.72. The quantitative estimate of drug-likeness (QED) is 0.750. The van der Waals surface area contributed by atoms with Crippen LogP contribution in [0.15, 0.2) is 12.3 Å². The molecule has 11 heteroatoms. The van der Waals surface area contributed by atoms with Gasteiger partial charge in [-0.05, 0) is 52.5 Å². The number of halogens is 3. The lowest BCUT2D eigenvalue weighted by molar-refractivity contribution is -0.141. The zero-order valence-electron chi connectivity index (χ0n) is 18.6. The first-order valence-electron chi connectivity index (χ1n) is 10.9. The molecule has 2 fully saturated rings. The first-order valence-corrected chi connectivity index (χ1v) is 10.9. The van der Waals surface area contributed by atoms with Crippen LogP contribution in [-0.4, -0.2) is 64.7 Å². The summed E-state index contributed by atoms with van der Waals surface area (Å²) in [7, 11) is 0. The van der Waals surface area contributed by atoms with E-state index >= 15 is 0 Å². The predicted octanol–water partition coefficient (Wildman–Crippen LogP) is 3.23. The smallest absolute Gasteiger partial charge is 0.433 e. The molecule has 1 N–H and O–H groups in total. The third kappa shape index (κ3) is 6.46. The Bertz CT molecular complexity index is 828. The summed E-state index contributed by atoms with van der Waals surface area (Å²) in [5.74, 6) is -0.501. The van der Waals surface area contributed by atoms with Crippen molar-refractivity contribution < 1.29 is 27.5 Å². The number of carbonyl (C=O) groups is 2. The number of carbonyl (C=O) groups excluding carboxylic acids is 2. The third-order valence-electron chi connectivity index (χ3n) is 5.43. The number of rotatable bonds is 3. The Hall–Kier alpha value is -2.59. The second-order valence-electron chi connectivity index (χ2n) is 9.30. The van der Waals surface area contributed by atoms with Crippen molar-refractivity contribution in [2.75, 3.05) is 31.1 Å². The van der Waals surface area contributed by atoms with Crippen molar-refractivity contribution >= 4 is 17.9 Å².